The van der Waals surface area contributed by atoms with Crippen molar-refractivity contribution in [1.82, 2.24) is 0 Å². The molecule has 4 rings (SSSR count). The molecular formula is C28H26N6O6. The lowest BCUT2D eigenvalue weighted by Gasteiger charge is -2.03. The van der Waals surface area contributed by atoms with Gasteiger partial charge in [-0.05, 0) is 48.0 Å². The predicted octanol–water partition coefficient (Wildman–Crippen LogP) is 4.84. The van der Waals surface area contributed by atoms with Crippen LogP contribution < -0.4 is 21.9 Å². The van der Waals surface area contributed by atoms with Crippen LogP contribution >= 0.6 is 0 Å². The molecule has 0 aliphatic heterocycles. The highest BCUT2D eigenvalue weighted by Crippen LogP contribution is 2.25. The molecule has 6 N–H and O–H groups in total. The Morgan fingerprint density at radius 2 is 1.15 bits per heavy atom. The first-order valence-electron chi connectivity index (χ1n) is 11.6. The number of nitro groups is 2. The number of anilines is 3. The van der Waals surface area contributed by atoms with Gasteiger partial charge in [0.05, 0.1) is 9.85 Å². The summed E-state index contributed by atoms with van der Waals surface area (Å²) in [5.41, 5.74) is 19.5. The van der Waals surface area contributed by atoms with Gasteiger partial charge in [0.2, 0.25) is 5.75 Å². The molecule has 4 aromatic carbocycles. The lowest BCUT2D eigenvalue weighted by Crippen LogP contribution is -2.08. The monoisotopic (exact) mass is 542 g/mol. The van der Waals surface area contributed by atoms with Crippen LogP contribution in [0.1, 0.15) is 11.1 Å². The summed E-state index contributed by atoms with van der Waals surface area (Å²) in [6.07, 6.45) is 1.67. The molecule has 0 spiro atoms. The predicted molar refractivity (Wildman–Crippen MR) is 151 cm³/mol. The van der Waals surface area contributed by atoms with Gasteiger partial charge in [0.1, 0.15) is 5.78 Å². The summed E-state index contributed by atoms with van der Waals surface area (Å²) in [6, 6.07) is 26.1. The fourth-order valence-electron chi connectivity index (χ4n) is 3.22. The van der Waals surface area contributed by atoms with Crippen molar-refractivity contribution in [3.05, 3.63) is 128 Å². The number of nitriles is 1. The SMILES string of the molecule is N#COc1ccccc1[N+](=O)[O-].Nc1ccc(CC(=O)Cc2ccccc2[N+](=O)[O-])cc1.Nc1ccc(N)cc1. The van der Waals surface area contributed by atoms with Crippen molar-refractivity contribution in [3.8, 4) is 12.0 Å². The average molecular weight is 543 g/mol. The third-order valence-corrected chi connectivity index (χ3v) is 5.11. The van der Waals surface area contributed by atoms with E-state index < -0.39 is 9.85 Å². The second-order valence-electron chi connectivity index (χ2n) is 8.10. The fourth-order valence-corrected chi connectivity index (χ4v) is 3.22. The minimum atomic E-state index is -0.604. The van der Waals surface area contributed by atoms with Crippen molar-refractivity contribution < 1.29 is 19.4 Å². The lowest BCUT2D eigenvalue weighted by molar-refractivity contribution is -0.385. The Labute approximate surface area is 229 Å². The molecule has 4 aromatic rings. The van der Waals surface area contributed by atoms with Crippen LogP contribution in [0.25, 0.3) is 0 Å². The van der Waals surface area contributed by atoms with E-state index in [1.54, 1.807) is 72.8 Å². The van der Waals surface area contributed by atoms with Gasteiger partial charge in [-0.15, -0.1) is 5.26 Å². The second-order valence-corrected chi connectivity index (χ2v) is 8.10. The molecule has 0 saturated carbocycles. The molecule has 0 aromatic heterocycles. The average Bonchev–Trinajstić information content (AvgIpc) is 2.93. The normalized spacial score (nSPS) is 9.47. The van der Waals surface area contributed by atoms with Gasteiger partial charge in [0.15, 0.2) is 0 Å². The zero-order valence-electron chi connectivity index (χ0n) is 21.2. The van der Waals surface area contributed by atoms with E-state index in [9.17, 15) is 25.0 Å². The Balaban J connectivity index is 0.000000236. The molecule has 12 heteroatoms. The molecule has 0 radical (unpaired) electrons. The standard InChI is InChI=1S/C15H14N2O3.C7H4N2O3.C6H8N2/c16-13-7-5-11(6-8-13)9-14(18)10-12-3-1-2-4-15(12)17(19)20;8-5-12-7-4-2-1-3-6(7)9(10)11;7-5-1-2-6(8)4-3-5/h1-8H,9-10,16H2;1-4H;1-4H,7-8H2. The summed E-state index contributed by atoms with van der Waals surface area (Å²) >= 11 is 0. The quantitative estimate of drug-likeness (QED) is 0.125. The van der Waals surface area contributed by atoms with Crippen LogP contribution in [0.2, 0.25) is 0 Å². The van der Waals surface area contributed by atoms with Gasteiger partial charge in [-0.1, -0.05) is 42.5 Å². The Morgan fingerprint density at radius 3 is 1.65 bits per heavy atom. The molecule has 0 fully saturated rings. The number of rotatable bonds is 7. The number of nitro benzene ring substituents is 2. The first kappa shape index (κ1) is 30.3. The number of ketones is 1. The van der Waals surface area contributed by atoms with Crippen LogP contribution in [-0.2, 0) is 17.6 Å². The van der Waals surface area contributed by atoms with Gasteiger partial charge in [-0.2, -0.15) is 0 Å². The van der Waals surface area contributed by atoms with Crippen LogP contribution in [0.3, 0.4) is 0 Å². The number of nitrogens with two attached hydrogens (primary N) is 3. The minimum absolute atomic E-state index is 0.0156. The highest BCUT2D eigenvalue weighted by Gasteiger charge is 2.15. The highest BCUT2D eigenvalue weighted by atomic mass is 16.6. The molecule has 204 valence electrons. The summed E-state index contributed by atoms with van der Waals surface area (Å²) < 4.78 is 4.36. The minimum Gasteiger partial charge on any atom is -0.399 e. The second kappa shape index (κ2) is 15.3. The third kappa shape index (κ3) is 10.2. The number of carbonyl (C=O) groups excluding carboxylic acids is 1. The number of para-hydroxylation sites is 3. The number of nitrogen functional groups attached to an aromatic ring is 3. The van der Waals surface area contributed by atoms with E-state index in [0.29, 0.717) is 11.3 Å². The van der Waals surface area contributed by atoms with E-state index in [-0.39, 0.29) is 35.7 Å². The summed E-state index contributed by atoms with van der Waals surface area (Å²) in [4.78, 5) is 32.1. The number of carbonyl (C=O) groups is 1. The Morgan fingerprint density at radius 1 is 0.700 bits per heavy atom. The lowest BCUT2D eigenvalue weighted by atomic mass is 10.0. The zero-order valence-corrected chi connectivity index (χ0v) is 21.2. The topological polar surface area (TPSA) is 214 Å². The Bertz CT molecular complexity index is 1460. The first-order valence-corrected chi connectivity index (χ1v) is 11.6. The van der Waals surface area contributed by atoms with E-state index >= 15 is 0 Å². The smallest absolute Gasteiger partial charge is 0.312 e. The van der Waals surface area contributed by atoms with E-state index in [0.717, 1.165) is 16.9 Å². The van der Waals surface area contributed by atoms with Crippen LogP contribution in [0.15, 0.2) is 97.1 Å². The molecule has 0 saturated heterocycles. The van der Waals surface area contributed by atoms with Gasteiger partial charge < -0.3 is 21.9 Å². The maximum absolute atomic E-state index is 12.0. The molecule has 40 heavy (non-hydrogen) atoms. The summed E-state index contributed by atoms with van der Waals surface area (Å²) in [5.74, 6) is -0.103. The molecule has 0 bridgehead atoms. The molecule has 0 amide bonds. The zero-order chi connectivity index (χ0) is 29.5. The number of hydrogen-bond donors (Lipinski definition) is 3. The fraction of sp³-hybridized carbons (Fsp3) is 0.0714. The van der Waals surface area contributed by atoms with Crippen molar-refractivity contribution in [2.24, 2.45) is 0 Å². The Kier molecular flexibility index (Phi) is 11.6. The van der Waals surface area contributed by atoms with Crippen LogP contribution in [0, 0.1) is 31.7 Å². The summed E-state index contributed by atoms with van der Waals surface area (Å²) in [7, 11) is 0. The summed E-state index contributed by atoms with van der Waals surface area (Å²) in [6.45, 7) is 0. The van der Waals surface area contributed by atoms with Crippen molar-refractivity contribution in [3.63, 3.8) is 0 Å². The van der Waals surface area contributed by atoms with Crippen LogP contribution in [0.4, 0.5) is 28.4 Å². The van der Waals surface area contributed by atoms with E-state index in [4.69, 9.17) is 22.5 Å². The number of nitrogens with zero attached hydrogens (tertiary/aromatic N) is 3. The maximum atomic E-state index is 12.0. The highest BCUT2D eigenvalue weighted by molar-refractivity contribution is 5.84. The number of hydrogen-bond acceptors (Lipinski definition) is 10. The molecule has 0 atom stereocenters. The van der Waals surface area contributed by atoms with Gasteiger partial charge in [0, 0.05) is 47.6 Å². The van der Waals surface area contributed by atoms with E-state index in [1.165, 1.54) is 30.5 Å². The Hall–Kier alpha value is -5.96. The van der Waals surface area contributed by atoms with E-state index in [1.807, 2.05) is 0 Å². The van der Waals surface area contributed by atoms with Crippen molar-refractivity contribution in [2.45, 2.75) is 12.8 Å². The molecule has 0 unspecified atom stereocenters. The number of ether oxygens (including phenoxy) is 1. The molecule has 0 aliphatic rings. The van der Waals surface area contributed by atoms with Crippen molar-refractivity contribution >= 4 is 34.2 Å². The molecule has 12 nitrogen and oxygen atoms in total. The summed E-state index contributed by atoms with van der Waals surface area (Å²) in [5, 5.41) is 29.3. The van der Waals surface area contributed by atoms with Gasteiger partial charge >= 0.3 is 5.69 Å². The van der Waals surface area contributed by atoms with Crippen molar-refractivity contribution in [1.29, 1.82) is 5.26 Å². The molecule has 0 heterocycles. The largest absolute Gasteiger partial charge is 0.399 e. The number of Topliss-reactive ketones (excluding diaryl/α,β-unsaturated/α-hetero) is 1. The van der Waals surface area contributed by atoms with Gasteiger partial charge in [-0.3, -0.25) is 25.0 Å². The molecule has 0 aliphatic carbocycles. The maximum Gasteiger partial charge on any atom is 0.312 e. The van der Waals surface area contributed by atoms with Gasteiger partial charge in [0.25, 0.3) is 11.9 Å². The van der Waals surface area contributed by atoms with Crippen LogP contribution in [-0.4, -0.2) is 15.6 Å². The third-order valence-electron chi connectivity index (χ3n) is 5.11. The van der Waals surface area contributed by atoms with Crippen molar-refractivity contribution in [2.75, 3.05) is 17.2 Å². The van der Waals surface area contributed by atoms with Gasteiger partial charge in [-0.25, -0.2) is 0 Å². The first-order chi connectivity index (χ1) is 19.1. The van der Waals surface area contributed by atoms with Crippen LogP contribution in [0.5, 0.6) is 5.75 Å². The molecular weight excluding hydrogens is 516 g/mol. The number of benzene rings is 4. The van der Waals surface area contributed by atoms with E-state index in [2.05, 4.69) is 4.74 Å².